The molecule has 2 nitrogen and oxygen atoms in total. The predicted octanol–water partition coefficient (Wildman–Crippen LogP) is 3.30. The molecule has 3 atom stereocenters. The molecule has 0 aromatic rings. The molecule has 1 aliphatic heterocycles. The molecule has 1 heterocycles. The van der Waals surface area contributed by atoms with E-state index in [0.29, 0.717) is 5.92 Å². The summed E-state index contributed by atoms with van der Waals surface area (Å²) >= 11 is 0. The van der Waals surface area contributed by atoms with Crippen molar-refractivity contribution < 1.29 is 5.11 Å². The van der Waals surface area contributed by atoms with Crippen LogP contribution in [0.2, 0.25) is 0 Å². The lowest BCUT2D eigenvalue weighted by Crippen LogP contribution is -2.40. The quantitative estimate of drug-likeness (QED) is 0.834. The fraction of sp³-hybridized carbons (Fsp3) is 1.00. The van der Waals surface area contributed by atoms with E-state index in [2.05, 4.69) is 18.7 Å². The zero-order valence-corrected chi connectivity index (χ0v) is 12.3. The van der Waals surface area contributed by atoms with Crippen LogP contribution in [0.15, 0.2) is 0 Å². The zero-order chi connectivity index (χ0) is 13.0. The molecule has 0 radical (unpaired) electrons. The van der Waals surface area contributed by atoms with Crippen LogP contribution in [0, 0.1) is 17.8 Å². The summed E-state index contributed by atoms with van der Waals surface area (Å²) in [6.07, 6.45) is 8.98. The Bertz CT molecular complexity index is 233. The van der Waals surface area contributed by atoms with Gasteiger partial charge in [-0.25, -0.2) is 0 Å². The Morgan fingerprint density at radius 2 is 1.72 bits per heavy atom. The van der Waals surface area contributed by atoms with E-state index >= 15 is 0 Å². The van der Waals surface area contributed by atoms with Gasteiger partial charge in [0.1, 0.15) is 0 Å². The lowest BCUT2D eigenvalue weighted by molar-refractivity contribution is 0.0191. The molecular formula is C16H31NO. The first-order valence-corrected chi connectivity index (χ1v) is 8.07. The highest BCUT2D eigenvalue weighted by Crippen LogP contribution is 2.34. The van der Waals surface area contributed by atoms with Crippen LogP contribution in [0.25, 0.3) is 0 Å². The number of hydrogen-bond acceptors (Lipinski definition) is 2. The summed E-state index contributed by atoms with van der Waals surface area (Å²) in [5.41, 5.74) is 0. The van der Waals surface area contributed by atoms with Gasteiger partial charge in [-0.1, -0.05) is 26.7 Å². The van der Waals surface area contributed by atoms with E-state index in [1.165, 1.54) is 51.6 Å². The lowest BCUT2D eigenvalue weighted by atomic mass is 9.74. The molecule has 0 spiro atoms. The summed E-state index contributed by atoms with van der Waals surface area (Å²) in [4.78, 5) is 2.61. The Balaban J connectivity index is 1.85. The molecule has 0 amide bonds. The van der Waals surface area contributed by atoms with Crippen LogP contribution in [-0.4, -0.2) is 35.7 Å². The topological polar surface area (TPSA) is 23.5 Å². The van der Waals surface area contributed by atoms with Crippen molar-refractivity contribution in [3.05, 3.63) is 0 Å². The van der Waals surface area contributed by atoms with Crippen LogP contribution in [0.5, 0.6) is 0 Å². The van der Waals surface area contributed by atoms with Crippen molar-refractivity contribution in [2.45, 2.75) is 64.9 Å². The summed E-state index contributed by atoms with van der Waals surface area (Å²) in [6.45, 7) is 8.34. The molecule has 0 aromatic heterocycles. The van der Waals surface area contributed by atoms with E-state index < -0.39 is 0 Å². The third-order valence-electron chi connectivity index (χ3n) is 5.12. The maximum absolute atomic E-state index is 10.2. The Morgan fingerprint density at radius 1 is 1.06 bits per heavy atom. The van der Waals surface area contributed by atoms with Gasteiger partial charge in [0.15, 0.2) is 0 Å². The zero-order valence-electron chi connectivity index (χ0n) is 12.3. The maximum Gasteiger partial charge on any atom is 0.0580 e. The van der Waals surface area contributed by atoms with Crippen LogP contribution in [0.1, 0.15) is 58.8 Å². The summed E-state index contributed by atoms with van der Waals surface area (Å²) in [5, 5.41) is 10.2. The first kappa shape index (κ1) is 14.3. The van der Waals surface area contributed by atoms with Crippen molar-refractivity contribution in [1.82, 2.24) is 4.90 Å². The van der Waals surface area contributed by atoms with Gasteiger partial charge < -0.3 is 10.0 Å². The second-order valence-corrected chi connectivity index (χ2v) is 6.86. The SMILES string of the molecule is CC(C)C1CCC(O)C(CN2CCCCCC2)C1. The Hall–Kier alpha value is -0.0800. The standard InChI is InChI=1S/C16H31NO/c1-13(2)14-7-8-16(18)15(11-14)12-17-9-5-3-4-6-10-17/h13-16,18H,3-12H2,1-2H3. The largest absolute Gasteiger partial charge is 0.393 e. The van der Waals surface area contributed by atoms with E-state index in [1.54, 1.807) is 0 Å². The predicted molar refractivity (Wildman–Crippen MR) is 76.6 cm³/mol. The number of aliphatic hydroxyl groups excluding tert-OH is 1. The van der Waals surface area contributed by atoms with Crippen LogP contribution in [0.3, 0.4) is 0 Å². The highest BCUT2D eigenvalue weighted by Gasteiger charge is 2.31. The average Bonchev–Trinajstić information content (AvgIpc) is 2.60. The third kappa shape index (κ3) is 3.96. The van der Waals surface area contributed by atoms with Crippen molar-refractivity contribution in [2.75, 3.05) is 19.6 Å². The van der Waals surface area contributed by atoms with Crippen LogP contribution in [0.4, 0.5) is 0 Å². The minimum absolute atomic E-state index is 0.0387. The van der Waals surface area contributed by atoms with Gasteiger partial charge in [0.25, 0.3) is 0 Å². The molecule has 0 bridgehead atoms. The maximum atomic E-state index is 10.2. The molecule has 1 saturated heterocycles. The molecule has 2 rings (SSSR count). The normalized spacial score (nSPS) is 35.7. The van der Waals surface area contributed by atoms with E-state index in [4.69, 9.17) is 0 Å². The Kier molecular flexibility index (Phi) is 5.50. The average molecular weight is 253 g/mol. The summed E-state index contributed by atoms with van der Waals surface area (Å²) in [7, 11) is 0. The smallest absolute Gasteiger partial charge is 0.0580 e. The monoisotopic (exact) mass is 253 g/mol. The molecule has 1 aliphatic carbocycles. The molecule has 1 N–H and O–H groups in total. The van der Waals surface area contributed by atoms with Gasteiger partial charge in [0, 0.05) is 6.54 Å². The van der Waals surface area contributed by atoms with Gasteiger partial charge in [-0.15, -0.1) is 0 Å². The minimum atomic E-state index is -0.0387. The number of hydrogen-bond donors (Lipinski definition) is 1. The van der Waals surface area contributed by atoms with Gasteiger partial charge in [-0.3, -0.25) is 0 Å². The summed E-state index contributed by atoms with van der Waals surface area (Å²) in [6, 6.07) is 0. The number of likely N-dealkylation sites (tertiary alicyclic amines) is 1. The van der Waals surface area contributed by atoms with Crippen molar-refractivity contribution in [3.8, 4) is 0 Å². The first-order valence-electron chi connectivity index (χ1n) is 8.07. The number of nitrogens with zero attached hydrogens (tertiary/aromatic N) is 1. The van der Waals surface area contributed by atoms with Gasteiger partial charge in [-0.2, -0.15) is 0 Å². The first-order chi connectivity index (χ1) is 8.66. The van der Waals surface area contributed by atoms with Gasteiger partial charge in [0.2, 0.25) is 0 Å². The van der Waals surface area contributed by atoms with Crippen LogP contribution in [-0.2, 0) is 0 Å². The molecule has 2 fully saturated rings. The number of aliphatic hydroxyl groups is 1. The highest BCUT2D eigenvalue weighted by molar-refractivity contribution is 4.83. The second kappa shape index (κ2) is 6.91. The van der Waals surface area contributed by atoms with Crippen molar-refractivity contribution in [1.29, 1.82) is 0 Å². The van der Waals surface area contributed by atoms with E-state index in [0.717, 1.165) is 24.8 Å². The van der Waals surface area contributed by atoms with Crippen molar-refractivity contribution in [2.24, 2.45) is 17.8 Å². The van der Waals surface area contributed by atoms with E-state index in [-0.39, 0.29) is 6.10 Å². The fourth-order valence-electron chi connectivity index (χ4n) is 3.74. The highest BCUT2D eigenvalue weighted by atomic mass is 16.3. The molecule has 3 unspecified atom stereocenters. The van der Waals surface area contributed by atoms with Crippen LogP contribution < -0.4 is 0 Å². The molecule has 106 valence electrons. The molecule has 0 aromatic carbocycles. The fourth-order valence-corrected chi connectivity index (χ4v) is 3.74. The summed E-state index contributed by atoms with van der Waals surface area (Å²) < 4.78 is 0. The molecule has 2 aliphatic rings. The van der Waals surface area contributed by atoms with E-state index in [1.807, 2.05) is 0 Å². The van der Waals surface area contributed by atoms with E-state index in [9.17, 15) is 5.11 Å². The van der Waals surface area contributed by atoms with Gasteiger partial charge >= 0.3 is 0 Å². The summed E-state index contributed by atoms with van der Waals surface area (Å²) in [5.74, 6) is 2.15. The minimum Gasteiger partial charge on any atom is -0.393 e. The van der Waals surface area contributed by atoms with Crippen LogP contribution >= 0.6 is 0 Å². The van der Waals surface area contributed by atoms with Gasteiger partial charge in [-0.05, 0) is 62.9 Å². The molecule has 1 saturated carbocycles. The third-order valence-corrected chi connectivity index (χ3v) is 5.12. The van der Waals surface area contributed by atoms with Crippen molar-refractivity contribution >= 4 is 0 Å². The van der Waals surface area contributed by atoms with Gasteiger partial charge in [0.05, 0.1) is 6.10 Å². The Morgan fingerprint density at radius 3 is 2.33 bits per heavy atom. The number of rotatable bonds is 3. The molecular weight excluding hydrogens is 222 g/mol. The van der Waals surface area contributed by atoms with Crippen molar-refractivity contribution in [3.63, 3.8) is 0 Å². The Labute approximate surface area is 113 Å². The second-order valence-electron chi connectivity index (χ2n) is 6.86. The lowest BCUT2D eigenvalue weighted by Gasteiger charge is -2.38. The molecule has 2 heteroatoms. The molecule has 18 heavy (non-hydrogen) atoms.